The van der Waals surface area contributed by atoms with Crippen LogP contribution in [-0.4, -0.2) is 49.5 Å². The van der Waals surface area contributed by atoms with Crippen LogP contribution in [-0.2, 0) is 19.2 Å². The summed E-state index contributed by atoms with van der Waals surface area (Å²) < 4.78 is 0. The highest BCUT2D eigenvalue weighted by Crippen LogP contribution is 2.27. The molecule has 27 heavy (non-hydrogen) atoms. The van der Waals surface area contributed by atoms with Crippen molar-refractivity contribution in [3.63, 3.8) is 0 Å². The van der Waals surface area contributed by atoms with Crippen LogP contribution in [0.4, 0.5) is 0 Å². The predicted molar refractivity (Wildman–Crippen MR) is 100 cm³/mol. The number of aliphatic imine (C=N–C) groups is 4. The van der Waals surface area contributed by atoms with Crippen LogP contribution in [0.15, 0.2) is 20.0 Å². The van der Waals surface area contributed by atoms with Crippen LogP contribution in [0.3, 0.4) is 0 Å². The maximum atomic E-state index is 10.00. The van der Waals surface area contributed by atoms with Gasteiger partial charge < -0.3 is 0 Å². The number of hydrogen-bond acceptors (Lipinski definition) is 8. The van der Waals surface area contributed by atoms with Gasteiger partial charge in [0, 0.05) is 0 Å². The summed E-state index contributed by atoms with van der Waals surface area (Å²) >= 11 is 0. The molecule has 0 aromatic carbocycles. The Bertz CT molecular complexity index is 590. The number of hydrogen-bond donors (Lipinski definition) is 0. The van der Waals surface area contributed by atoms with Crippen molar-refractivity contribution in [2.75, 3.05) is 13.1 Å². The lowest BCUT2D eigenvalue weighted by atomic mass is 9.82. The van der Waals surface area contributed by atoms with E-state index in [1.807, 2.05) is 0 Å². The molecule has 0 N–H and O–H groups in total. The molecule has 148 valence electrons. The van der Waals surface area contributed by atoms with Gasteiger partial charge in [-0.2, -0.15) is 0 Å². The zero-order chi connectivity index (χ0) is 20.5. The van der Waals surface area contributed by atoms with Crippen molar-refractivity contribution in [1.82, 2.24) is 0 Å². The monoisotopic (exact) mass is 376 g/mol. The first-order chi connectivity index (χ1) is 12.9. The fourth-order valence-corrected chi connectivity index (χ4v) is 3.15. The normalized spacial score (nSPS) is 19.5. The van der Waals surface area contributed by atoms with Crippen molar-refractivity contribution < 1.29 is 19.2 Å². The molecule has 8 heteroatoms. The number of rotatable bonds is 9. The zero-order valence-electron chi connectivity index (χ0n) is 16.3. The van der Waals surface area contributed by atoms with Gasteiger partial charge in [-0.25, -0.2) is 39.1 Å². The smallest absolute Gasteiger partial charge is 0.211 e. The Kier molecular flexibility index (Phi) is 13.3. The lowest BCUT2D eigenvalue weighted by Crippen LogP contribution is -2.19. The van der Waals surface area contributed by atoms with Crippen molar-refractivity contribution in [1.29, 1.82) is 0 Å². The number of nitrogens with zero attached hydrogens (tertiary/aromatic N) is 4. The Balaban J connectivity index is 0.000000511. The molecule has 1 atom stereocenters. The molecule has 1 aliphatic carbocycles. The molecule has 1 fully saturated rings. The minimum Gasteiger partial charge on any atom is -0.211 e. The van der Waals surface area contributed by atoms with Gasteiger partial charge in [-0.15, -0.1) is 0 Å². The van der Waals surface area contributed by atoms with Gasteiger partial charge in [0.1, 0.15) is 0 Å². The fraction of sp³-hybridized carbons (Fsp3) is 0.789. The van der Waals surface area contributed by atoms with E-state index < -0.39 is 0 Å². The molecular formula is C19H28N4O4. The van der Waals surface area contributed by atoms with Gasteiger partial charge in [0.25, 0.3) is 0 Å². The summed E-state index contributed by atoms with van der Waals surface area (Å²) in [6, 6.07) is 0.196. The molecule has 8 nitrogen and oxygen atoms in total. The molecule has 1 aliphatic rings. The molecule has 0 heterocycles. The van der Waals surface area contributed by atoms with Gasteiger partial charge in [0.05, 0.1) is 25.2 Å². The third-order valence-electron chi connectivity index (χ3n) is 4.41. The van der Waals surface area contributed by atoms with Gasteiger partial charge in [0.15, 0.2) is 0 Å². The van der Waals surface area contributed by atoms with E-state index in [1.165, 1.54) is 6.08 Å². The van der Waals surface area contributed by atoms with Crippen LogP contribution in [0, 0.1) is 11.3 Å². The molecule has 0 aromatic rings. The summed E-state index contributed by atoms with van der Waals surface area (Å²) in [5, 5.41) is 0. The van der Waals surface area contributed by atoms with Crippen LogP contribution in [0.25, 0.3) is 0 Å². The summed E-state index contributed by atoms with van der Waals surface area (Å²) in [6.45, 7) is 7.25. The summed E-state index contributed by atoms with van der Waals surface area (Å²) in [5.41, 5.74) is 0.00171. The minimum atomic E-state index is 0.00171. The Morgan fingerprint density at radius 2 is 1.33 bits per heavy atom. The van der Waals surface area contributed by atoms with Crippen LogP contribution in [0.2, 0.25) is 0 Å². The van der Waals surface area contributed by atoms with Gasteiger partial charge in [-0.3, -0.25) is 0 Å². The van der Waals surface area contributed by atoms with Crippen molar-refractivity contribution in [3.8, 4) is 0 Å². The number of carbonyl (C=O) groups excluding carboxylic acids is 4. The molecule has 0 bridgehead atoms. The van der Waals surface area contributed by atoms with Crippen LogP contribution < -0.4 is 0 Å². The highest BCUT2D eigenvalue weighted by molar-refractivity contribution is 5.34. The Labute approximate surface area is 160 Å². The van der Waals surface area contributed by atoms with E-state index in [0.717, 1.165) is 38.5 Å². The summed E-state index contributed by atoms with van der Waals surface area (Å²) in [7, 11) is 0. The second kappa shape index (κ2) is 14.7. The Morgan fingerprint density at radius 1 is 0.852 bits per heavy atom. The fourth-order valence-electron chi connectivity index (χ4n) is 3.15. The third-order valence-corrected chi connectivity index (χ3v) is 4.41. The maximum absolute atomic E-state index is 10.00. The molecule has 0 aliphatic heterocycles. The predicted octanol–water partition coefficient (Wildman–Crippen LogP) is 3.07. The second-order valence-electron chi connectivity index (χ2n) is 7.55. The Hall–Kier alpha value is -2.48. The highest BCUT2D eigenvalue weighted by Gasteiger charge is 2.21. The first-order valence-corrected chi connectivity index (χ1v) is 9.09. The molecule has 0 amide bonds. The molecule has 1 rings (SSSR count). The summed E-state index contributed by atoms with van der Waals surface area (Å²) in [4.78, 5) is 54.0. The summed E-state index contributed by atoms with van der Waals surface area (Å²) in [5.74, 6) is 0.457. The van der Waals surface area contributed by atoms with E-state index in [1.54, 1.807) is 18.2 Å². The Morgan fingerprint density at radius 3 is 1.74 bits per heavy atom. The van der Waals surface area contributed by atoms with Gasteiger partial charge >= 0.3 is 0 Å². The topological polar surface area (TPSA) is 118 Å². The van der Waals surface area contributed by atoms with E-state index in [-0.39, 0.29) is 17.5 Å². The number of isocyanates is 4. The zero-order valence-corrected chi connectivity index (χ0v) is 16.3. The molecule has 0 radical (unpaired) electrons. The van der Waals surface area contributed by atoms with Gasteiger partial charge in [-0.05, 0) is 49.9 Å². The average molecular weight is 376 g/mol. The standard InChI is InChI=1S/C11H18N2O2.C8H10N2O2/c1-10(4-5-12-8-14)6-11(2,3)7-13-9-15;11-5-9-7-1-2-8(4-3-7)10-6-12/h10H,4-7H2,1-3H3;7-8H,1-4H2. The maximum Gasteiger partial charge on any atom is 0.235 e. The van der Waals surface area contributed by atoms with Crippen LogP contribution in [0.1, 0.15) is 59.3 Å². The quantitative estimate of drug-likeness (QED) is 0.454. The molecular weight excluding hydrogens is 348 g/mol. The lowest BCUT2D eigenvalue weighted by Gasteiger charge is -2.25. The van der Waals surface area contributed by atoms with Gasteiger partial charge in [-0.1, -0.05) is 20.8 Å². The third kappa shape index (κ3) is 13.4. The molecule has 1 unspecified atom stereocenters. The van der Waals surface area contributed by atoms with Crippen LogP contribution >= 0.6 is 0 Å². The molecule has 0 aromatic heterocycles. The SMILES string of the molecule is CC(CCN=C=O)CC(C)(C)CN=C=O.O=C=NC1CCC(N=C=O)CC1. The van der Waals surface area contributed by atoms with E-state index in [9.17, 15) is 19.2 Å². The molecule has 0 spiro atoms. The largest absolute Gasteiger partial charge is 0.235 e. The highest BCUT2D eigenvalue weighted by atomic mass is 16.1. The minimum absolute atomic E-state index is 0.00171. The lowest BCUT2D eigenvalue weighted by molar-refractivity contribution is 0.280. The first-order valence-electron chi connectivity index (χ1n) is 9.09. The van der Waals surface area contributed by atoms with E-state index in [4.69, 9.17) is 0 Å². The van der Waals surface area contributed by atoms with E-state index in [0.29, 0.717) is 19.0 Å². The van der Waals surface area contributed by atoms with Crippen molar-refractivity contribution >= 4 is 24.3 Å². The van der Waals surface area contributed by atoms with Crippen molar-refractivity contribution in [3.05, 3.63) is 0 Å². The molecule has 0 saturated heterocycles. The van der Waals surface area contributed by atoms with E-state index in [2.05, 4.69) is 40.7 Å². The van der Waals surface area contributed by atoms with Crippen molar-refractivity contribution in [2.24, 2.45) is 31.3 Å². The van der Waals surface area contributed by atoms with Crippen LogP contribution in [0.5, 0.6) is 0 Å². The van der Waals surface area contributed by atoms with Gasteiger partial charge in [0.2, 0.25) is 24.3 Å². The van der Waals surface area contributed by atoms with E-state index >= 15 is 0 Å². The second-order valence-corrected chi connectivity index (χ2v) is 7.55. The average Bonchev–Trinajstić information content (AvgIpc) is 2.62. The van der Waals surface area contributed by atoms with Crippen molar-refractivity contribution in [2.45, 2.75) is 71.4 Å². The first kappa shape index (κ1) is 24.5. The summed E-state index contributed by atoms with van der Waals surface area (Å²) in [6.07, 6.45) is 11.3. The molecule has 1 saturated carbocycles.